The molecule has 16 atom stereocenters. The number of aliphatic hydroxyl groups is 3. The molecule has 0 unspecified atom stereocenters. The third-order valence-electron chi connectivity index (χ3n) is 19.6. The third kappa shape index (κ3) is 4.16. The average Bonchev–Trinajstić information content (AvgIpc) is 3.57. The van der Waals surface area contributed by atoms with Crippen LogP contribution in [0.25, 0.3) is 0 Å². The fraction of sp³-hybridized carbons (Fsp3) is 0.766. The Morgan fingerprint density at radius 3 is 2.63 bits per heavy atom. The molecule has 324 valence electrons. The second-order valence-electron chi connectivity index (χ2n) is 21.6. The predicted molar refractivity (Wildman–Crippen MR) is 211 cm³/mol. The summed E-state index contributed by atoms with van der Waals surface area (Å²) in [6.45, 7) is 7.42. The van der Waals surface area contributed by atoms with Crippen LogP contribution in [-0.4, -0.2) is 106 Å². The molecule has 0 amide bonds. The zero-order valence-corrected chi connectivity index (χ0v) is 35.0. The van der Waals surface area contributed by atoms with Crippen molar-refractivity contribution in [2.45, 2.75) is 139 Å². The Morgan fingerprint density at radius 2 is 1.83 bits per heavy atom. The molecule has 12 aliphatic rings. The molecule has 0 aromatic carbocycles. The topological polar surface area (TPSA) is 181 Å². The number of carbonyl (C=O) groups is 3. The lowest BCUT2D eigenvalue weighted by atomic mass is 9.32. The number of carbonyl (C=O) groups excluding carboxylic acids is 3. The summed E-state index contributed by atoms with van der Waals surface area (Å²) in [5.74, 6) is -0.172. The van der Waals surface area contributed by atoms with E-state index in [-0.39, 0.29) is 36.8 Å². The number of allylic oxidation sites excluding steroid dienone is 2. The molecular weight excluding hydrogens is 769 g/mol. The third-order valence-corrected chi connectivity index (χ3v) is 19.6. The summed E-state index contributed by atoms with van der Waals surface area (Å²) >= 11 is 0. The van der Waals surface area contributed by atoms with Gasteiger partial charge in [0.2, 0.25) is 0 Å². The van der Waals surface area contributed by atoms with Gasteiger partial charge in [0.1, 0.15) is 30.2 Å². The molecule has 2 bridgehead atoms. The van der Waals surface area contributed by atoms with E-state index in [1.807, 2.05) is 32.1 Å². The first-order chi connectivity index (χ1) is 28.8. The molecule has 6 aliphatic heterocycles. The van der Waals surface area contributed by atoms with Gasteiger partial charge < -0.3 is 43.6 Å². The molecular formula is C47H60N2O11. The van der Waals surface area contributed by atoms with Crippen molar-refractivity contribution in [1.82, 2.24) is 10.2 Å². The molecule has 4 N–H and O–H groups in total. The second-order valence-corrected chi connectivity index (χ2v) is 21.6. The zero-order chi connectivity index (χ0) is 41.4. The average molecular weight is 829 g/mol. The van der Waals surface area contributed by atoms with Crippen molar-refractivity contribution in [3.05, 3.63) is 48.1 Å². The summed E-state index contributed by atoms with van der Waals surface area (Å²) < 4.78 is 33.1. The molecule has 9 fully saturated rings. The molecule has 13 heteroatoms. The number of ether oxygens (including phenoxy) is 4. The highest BCUT2D eigenvalue weighted by atomic mass is 16.7. The highest BCUT2D eigenvalue weighted by molar-refractivity contribution is 5.98. The summed E-state index contributed by atoms with van der Waals surface area (Å²) in [5.41, 5.74) is -6.97. The van der Waals surface area contributed by atoms with Crippen LogP contribution in [0.3, 0.4) is 0 Å². The summed E-state index contributed by atoms with van der Waals surface area (Å²) in [6.07, 6.45) is 12.8. The van der Waals surface area contributed by atoms with Gasteiger partial charge >= 0.3 is 11.9 Å². The van der Waals surface area contributed by atoms with E-state index < -0.39 is 80.7 Å². The van der Waals surface area contributed by atoms with E-state index in [0.717, 1.165) is 45.3 Å². The lowest BCUT2D eigenvalue weighted by Crippen LogP contribution is -2.80. The van der Waals surface area contributed by atoms with Crippen molar-refractivity contribution in [3.8, 4) is 0 Å². The van der Waals surface area contributed by atoms with Crippen LogP contribution in [0, 0.1) is 56.7 Å². The number of aliphatic hydroxyl groups excluding tert-OH is 3. The summed E-state index contributed by atoms with van der Waals surface area (Å²) in [6, 6.07) is 2.33. The lowest BCUT2D eigenvalue weighted by molar-refractivity contribution is -0.273. The Morgan fingerprint density at radius 1 is 1.02 bits per heavy atom. The largest absolute Gasteiger partial charge is 0.469 e. The minimum atomic E-state index is -1.48. The molecule has 6 aliphatic carbocycles. The Bertz CT molecular complexity index is 2090. The van der Waals surface area contributed by atoms with E-state index in [4.69, 9.17) is 23.4 Å². The molecule has 1 aromatic heterocycles. The van der Waals surface area contributed by atoms with Gasteiger partial charge in [0, 0.05) is 35.4 Å². The van der Waals surface area contributed by atoms with Crippen LogP contribution in [0.5, 0.6) is 0 Å². The molecule has 60 heavy (non-hydrogen) atoms. The van der Waals surface area contributed by atoms with Crippen LogP contribution >= 0.6 is 0 Å². The first kappa shape index (κ1) is 38.6. The lowest BCUT2D eigenvalue weighted by Gasteiger charge is -2.69. The minimum Gasteiger partial charge on any atom is -0.469 e. The van der Waals surface area contributed by atoms with Gasteiger partial charge in [-0.3, -0.25) is 14.9 Å². The van der Waals surface area contributed by atoms with Gasteiger partial charge in [-0.05, 0) is 107 Å². The molecule has 5 spiro atoms. The quantitative estimate of drug-likeness (QED) is 0.185. The van der Waals surface area contributed by atoms with E-state index in [1.54, 1.807) is 6.26 Å². The Labute approximate surface area is 350 Å². The number of rotatable bonds is 6. The summed E-state index contributed by atoms with van der Waals surface area (Å²) in [5, 5.41) is 38.3. The highest BCUT2D eigenvalue weighted by Gasteiger charge is 2.95. The van der Waals surface area contributed by atoms with Gasteiger partial charge in [-0.25, -0.2) is 4.79 Å². The smallest absolute Gasteiger partial charge is 0.339 e. The van der Waals surface area contributed by atoms with Gasteiger partial charge in [0.25, 0.3) is 0 Å². The second kappa shape index (κ2) is 12.3. The number of furan rings is 1. The standard InChI is InChI=1S/C47H60N2O11/c1-41(2)46-15-6-14-44(34(52)35(46)53)33(45(46)23-57-40(55)43(39(45)60-41)12-4-5-13-43)9-16-42(3)36(58-38(54)37-47(42,44)59-37)28-11-18-56-32(28)20-29(31(51)22-50)25-7-8-27-26(19-25)10-17-49-24-48-21-30(27)49/h6,10-11,15,17-18,25-27,29-31,33-34,36-37,39,48,50-52H,4-5,7-9,12-14,16,19-24H2,1-3H3/t25-,26-,27+,29+,30+,31-,33+,34-,36+,37-,39+,42+,44+,45+,46-,47-/m1/s1. The maximum Gasteiger partial charge on any atom is 0.339 e. The van der Waals surface area contributed by atoms with Gasteiger partial charge in [0.05, 0.1) is 53.6 Å². The van der Waals surface area contributed by atoms with Crippen LogP contribution in [0.1, 0.15) is 102 Å². The van der Waals surface area contributed by atoms with Gasteiger partial charge in [-0.1, -0.05) is 38.0 Å². The van der Waals surface area contributed by atoms with E-state index in [0.29, 0.717) is 67.7 Å². The number of nitrogens with one attached hydrogen (secondary N) is 1. The van der Waals surface area contributed by atoms with Gasteiger partial charge in [-0.15, -0.1) is 0 Å². The predicted octanol–water partition coefficient (Wildman–Crippen LogP) is 3.89. The number of Topliss-reactive ketones (excluding diaryl/α,β-unsaturated/α-hetero) is 1. The Kier molecular flexibility index (Phi) is 7.94. The van der Waals surface area contributed by atoms with E-state index in [9.17, 15) is 24.9 Å². The number of ketones is 1. The maximum atomic E-state index is 15.5. The summed E-state index contributed by atoms with van der Waals surface area (Å²) in [7, 11) is 0. The first-order valence-corrected chi connectivity index (χ1v) is 22.9. The molecule has 0 radical (unpaired) electrons. The SMILES string of the molecule is CC1(C)O[C@H]2C3(CCCC3)C(=O)OC[C@]23[C@H]2CC[C@@]4(C)[C@H](c5ccoc5C[C@@H]([C@@H]5CC[C@H]6[C@H](C=CN7CNC[C@@H]67)C5)[C@H](O)CO)OC(=O)[C@H]5O[C@]54[C@@]24CC=C[C@@]13C(=O)[C@H]4O. The number of epoxide rings is 1. The molecule has 1 aromatic rings. The van der Waals surface area contributed by atoms with Crippen LogP contribution in [-0.2, 0) is 39.8 Å². The van der Waals surface area contributed by atoms with Crippen molar-refractivity contribution in [2.75, 3.05) is 26.4 Å². The van der Waals surface area contributed by atoms with Gasteiger partial charge in [-0.2, -0.15) is 0 Å². The van der Waals surface area contributed by atoms with E-state index in [2.05, 4.69) is 29.4 Å². The number of esters is 2. The van der Waals surface area contributed by atoms with Crippen molar-refractivity contribution in [3.63, 3.8) is 0 Å². The molecule has 13 nitrogen and oxygen atoms in total. The molecule has 13 rings (SSSR count). The Hall–Kier alpha value is -3.07. The number of hydrogen-bond acceptors (Lipinski definition) is 13. The number of cyclic esters (lactones) is 2. The highest BCUT2D eigenvalue weighted by Crippen LogP contribution is 2.85. The van der Waals surface area contributed by atoms with Crippen molar-refractivity contribution in [1.29, 1.82) is 0 Å². The fourth-order valence-corrected chi connectivity index (χ4v) is 17.2. The minimum absolute atomic E-state index is 0.00293. The van der Waals surface area contributed by atoms with Gasteiger partial charge in [0.15, 0.2) is 11.9 Å². The zero-order valence-electron chi connectivity index (χ0n) is 35.0. The van der Waals surface area contributed by atoms with Crippen molar-refractivity contribution >= 4 is 17.7 Å². The van der Waals surface area contributed by atoms with Crippen LogP contribution in [0.4, 0.5) is 0 Å². The van der Waals surface area contributed by atoms with Crippen LogP contribution < -0.4 is 5.32 Å². The molecule has 4 saturated carbocycles. The summed E-state index contributed by atoms with van der Waals surface area (Å²) in [4.78, 5) is 46.3. The molecule has 7 heterocycles. The Balaban J connectivity index is 0.931. The van der Waals surface area contributed by atoms with Crippen LogP contribution in [0.15, 0.2) is 41.2 Å². The van der Waals surface area contributed by atoms with Crippen molar-refractivity contribution in [2.24, 2.45) is 56.7 Å². The van der Waals surface area contributed by atoms with Crippen molar-refractivity contribution < 1.29 is 53.1 Å². The monoisotopic (exact) mass is 828 g/mol. The van der Waals surface area contributed by atoms with Crippen LogP contribution in [0.2, 0.25) is 0 Å². The number of fused-ring (bicyclic) bond motifs is 6. The molecule has 5 saturated heterocycles. The van der Waals surface area contributed by atoms with E-state index >= 15 is 4.79 Å². The number of hydrogen-bond donors (Lipinski definition) is 4. The van der Waals surface area contributed by atoms with E-state index in [1.165, 1.54) is 0 Å². The fourth-order valence-electron chi connectivity index (χ4n) is 17.2. The first-order valence-electron chi connectivity index (χ1n) is 22.9. The normalized spacial score (nSPS) is 49.4. The number of nitrogens with zero attached hydrogens (tertiary/aromatic N) is 1. The maximum absolute atomic E-state index is 15.5.